The maximum absolute atomic E-state index is 12.1. The van der Waals surface area contributed by atoms with E-state index in [1.807, 2.05) is 0 Å². The first-order chi connectivity index (χ1) is 14.7. The lowest BCUT2D eigenvalue weighted by atomic mass is 10.2. The molecule has 11 heteroatoms. The summed E-state index contributed by atoms with van der Waals surface area (Å²) < 4.78 is 10.2. The maximum Gasteiger partial charge on any atom is 0.329 e. The Kier molecular flexibility index (Phi) is 8.65. The summed E-state index contributed by atoms with van der Waals surface area (Å²) >= 11 is 11.7. The third-order valence-electron chi connectivity index (χ3n) is 3.83. The van der Waals surface area contributed by atoms with Crippen LogP contribution < -0.4 is 25.5 Å². The second-order valence-corrected chi connectivity index (χ2v) is 6.98. The van der Waals surface area contributed by atoms with Crippen molar-refractivity contribution in [2.45, 2.75) is 13.3 Å². The number of hydrogen-bond donors (Lipinski definition) is 3. The van der Waals surface area contributed by atoms with Crippen molar-refractivity contribution in [3.05, 3.63) is 46.4 Å². The molecule has 0 aliphatic carbocycles. The van der Waals surface area contributed by atoms with E-state index in [0.717, 1.165) is 0 Å². The molecular formula is C20H20Cl2N4O5. The van der Waals surface area contributed by atoms with Crippen molar-refractivity contribution in [2.24, 2.45) is 5.10 Å². The standard InChI is InChI=1S/C20H20Cl2N4O5/c1-11(8-18(27)23-12-4-6-14(21)15(22)9-12)25-26-20(29)19(28)24-16-7-5-13(30-2)10-17(16)31-3/h4-7,9-10H,8H2,1-3H3,(H,23,27)(H,24,28)(H,26,29)/b25-11+. The molecule has 2 aromatic rings. The van der Waals surface area contributed by atoms with E-state index in [2.05, 4.69) is 21.2 Å². The summed E-state index contributed by atoms with van der Waals surface area (Å²) in [5.41, 5.74) is 3.12. The number of rotatable bonds is 7. The molecule has 0 fully saturated rings. The molecule has 3 N–H and O–H groups in total. The lowest BCUT2D eigenvalue weighted by Crippen LogP contribution is -2.33. The van der Waals surface area contributed by atoms with Gasteiger partial charge in [0.15, 0.2) is 0 Å². The molecule has 0 atom stereocenters. The maximum atomic E-state index is 12.1. The van der Waals surface area contributed by atoms with Gasteiger partial charge in [0.05, 0.1) is 36.4 Å². The molecular weight excluding hydrogens is 447 g/mol. The number of hydrogen-bond acceptors (Lipinski definition) is 6. The predicted octanol–water partition coefficient (Wildman–Crippen LogP) is 3.47. The molecule has 0 aromatic heterocycles. The Bertz CT molecular complexity index is 1030. The van der Waals surface area contributed by atoms with E-state index in [4.69, 9.17) is 32.7 Å². The zero-order valence-corrected chi connectivity index (χ0v) is 18.4. The van der Waals surface area contributed by atoms with Crippen molar-refractivity contribution in [3.8, 4) is 11.5 Å². The molecule has 0 saturated carbocycles. The van der Waals surface area contributed by atoms with Crippen LogP contribution in [0.25, 0.3) is 0 Å². The molecule has 0 radical (unpaired) electrons. The smallest absolute Gasteiger partial charge is 0.329 e. The molecule has 3 amide bonds. The van der Waals surface area contributed by atoms with Gasteiger partial charge < -0.3 is 20.1 Å². The molecule has 0 unspecified atom stereocenters. The average Bonchev–Trinajstić information content (AvgIpc) is 2.74. The predicted molar refractivity (Wildman–Crippen MR) is 119 cm³/mol. The van der Waals surface area contributed by atoms with Gasteiger partial charge in [0.2, 0.25) is 5.91 Å². The number of benzene rings is 2. The first kappa shape index (κ1) is 24.0. The average molecular weight is 467 g/mol. The van der Waals surface area contributed by atoms with E-state index >= 15 is 0 Å². The van der Waals surface area contributed by atoms with Gasteiger partial charge in [-0.2, -0.15) is 5.10 Å². The molecule has 0 heterocycles. The van der Waals surface area contributed by atoms with Gasteiger partial charge in [-0.3, -0.25) is 14.4 Å². The number of nitrogens with zero attached hydrogens (tertiary/aromatic N) is 1. The first-order valence-corrected chi connectivity index (χ1v) is 9.60. The van der Waals surface area contributed by atoms with Crippen LogP contribution in [-0.4, -0.2) is 37.7 Å². The van der Waals surface area contributed by atoms with Crippen LogP contribution in [0.4, 0.5) is 11.4 Å². The van der Waals surface area contributed by atoms with E-state index in [-0.39, 0.29) is 23.7 Å². The highest BCUT2D eigenvalue weighted by atomic mass is 35.5. The van der Waals surface area contributed by atoms with Gasteiger partial charge in [-0.15, -0.1) is 0 Å². The fraction of sp³-hybridized carbons (Fsp3) is 0.200. The molecule has 2 aromatic carbocycles. The molecule has 31 heavy (non-hydrogen) atoms. The Balaban J connectivity index is 1.90. The second-order valence-electron chi connectivity index (χ2n) is 6.16. The van der Waals surface area contributed by atoms with Gasteiger partial charge in [-0.1, -0.05) is 23.2 Å². The number of methoxy groups -OCH3 is 2. The summed E-state index contributed by atoms with van der Waals surface area (Å²) in [7, 11) is 2.91. The van der Waals surface area contributed by atoms with E-state index in [0.29, 0.717) is 27.2 Å². The largest absolute Gasteiger partial charge is 0.497 e. The van der Waals surface area contributed by atoms with E-state index in [9.17, 15) is 14.4 Å². The third kappa shape index (κ3) is 7.16. The number of amides is 3. The Morgan fingerprint density at radius 2 is 1.68 bits per heavy atom. The molecule has 0 spiro atoms. The summed E-state index contributed by atoms with van der Waals surface area (Å²) in [5, 5.41) is 9.48. The summed E-state index contributed by atoms with van der Waals surface area (Å²) in [6.07, 6.45) is -0.117. The summed E-state index contributed by atoms with van der Waals surface area (Å²) in [6, 6.07) is 9.35. The number of anilines is 2. The van der Waals surface area contributed by atoms with Gasteiger partial charge in [-0.05, 0) is 37.3 Å². The van der Waals surface area contributed by atoms with Crippen molar-refractivity contribution in [1.29, 1.82) is 0 Å². The molecule has 0 saturated heterocycles. The molecule has 0 aliphatic heterocycles. The van der Waals surface area contributed by atoms with Crippen LogP contribution >= 0.6 is 23.2 Å². The topological polar surface area (TPSA) is 118 Å². The number of carbonyl (C=O) groups is 3. The van der Waals surface area contributed by atoms with Gasteiger partial charge in [0, 0.05) is 17.5 Å². The van der Waals surface area contributed by atoms with Gasteiger partial charge in [0.1, 0.15) is 11.5 Å². The van der Waals surface area contributed by atoms with Crippen molar-refractivity contribution >= 4 is 58.0 Å². The molecule has 0 bridgehead atoms. The van der Waals surface area contributed by atoms with E-state index in [1.165, 1.54) is 33.3 Å². The van der Waals surface area contributed by atoms with Gasteiger partial charge in [-0.25, -0.2) is 5.43 Å². The summed E-state index contributed by atoms with van der Waals surface area (Å²) in [6.45, 7) is 1.53. The van der Waals surface area contributed by atoms with Crippen molar-refractivity contribution in [2.75, 3.05) is 24.9 Å². The minimum Gasteiger partial charge on any atom is -0.497 e. The van der Waals surface area contributed by atoms with E-state index in [1.54, 1.807) is 24.3 Å². The monoisotopic (exact) mass is 466 g/mol. The highest BCUT2D eigenvalue weighted by molar-refractivity contribution is 6.42. The Labute approximate surface area is 188 Å². The molecule has 9 nitrogen and oxygen atoms in total. The zero-order valence-electron chi connectivity index (χ0n) is 16.9. The molecule has 2 rings (SSSR count). The zero-order chi connectivity index (χ0) is 23.0. The number of halogens is 2. The normalized spacial score (nSPS) is 10.8. The number of nitrogens with one attached hydrogen (secondary N) is 3. The lowest BCUT2D eigenvalue weighted by Gasteiger charge is -2.11. The van der Waals surface area contributed by atoms with Crippen LogP contribution in [0.5, 0.6) is 11.5 Å². The first-order valence-electron chi connectivity index (χ1n) is 8.85. The summed E-state index contributed by atoms with van der Waals surface area (Å²) in [4.78, 5) is 36.2. The van der Waals surface area contributed by atoms with Crippen LogP contribution in [0.1, 0.15) is 13.3 Å². The highest BCUT2D eigenvalue weighted by Gasteiger charge is 2.16. The number of carbonyl (C=O) groups excluding carboxylic acids is 3. The number of ether oxygens (including phenoxy) is 2. The fourth-order valence-corrected chi connectivity index (χ4v) is 2.63. The van der Waals surface area contributed by atoms with Crippen LogP contribution in [0.15, 0.2) is 41.5 Å². The SMILES string of the molecule is COc1ccc(NC(=O)C(=O)N/N=C(\C)CC(=O)Nc2ccc(Cl)c(Cl)c2)c(OC)c1. The Morgan fingerprint density at radius 3 is 2.32 bits per heavy atom. The number of hydrazone groups is 1. The van der Waals surface area contributed by atoms with Crippen LogP contribution in [0.2, 0.25) is 10.0 Å². The molecule has 164 valence electrons. The van der Waals surface area contributed by atoms with Gasteiger partial charge in [0.25, 0.3) is 0 Å². The van der Waals surface area contributed by atoms with Crippen molar-refractivity contribution in [3.63, 3.8) is 0 Å². The lowest BCUT2D eigenvalue weighted by molar-refractivity contribution is -0.136. The minimum absolute atomic E-state index is 0.117. The van der Waals surface area contributed by atoms with Crippen LogP contribution in [0, 0.1) is 0 Å². The molecule has 0 aliphatic rings. The Hall–Kier alpha value is -3.30. The van der Waals surface area contributed by atoms with Crippen molar-refractivity contribution < 1.29 is 23.9 Å². The minimum atomic E-state index is -1.01. The third-order valence-corrected chi connectivity index (χ3v) is 4.57. The van der Waals surface area contributed by atoms with Gasteiger partial charge >= 0.3 is 11.8 Å². The second kappa shape index (κ2) is 11.2. The van der Waals surface area contributed by atoms with Crippen LogP contribution in [0.3, 0.4) is 0 Å². The summed E-state index contributed by atoms with van der Waals surface area (Å²) in [5.74, 6) is -1.51. The quantitative estimate of drug-likeness (QED) is 0.328. The Morgan fingerprint density at radius 1 is 0.935 bits per heavy atom. The van der Waals surface area contributed by atoms with Crippen LogP contribution in [-0.2, 0) is 14.4 Å². The highest BCUT2D eigenvalue weighted by Crippen LogP contribution is 2.29. The van der Waals surface area contributed by atoms with Crippen molar-refractivity contribution in [1.82, 2.24) is 5.43 Å². The fourth-order valence-electron chi connectivity index (χ4n) is 2.33. The van der Waals surface area contributed by atoms with E-state index < -0.39 is 11.8 Å².